The van der Waals surface area contributed by atoms with Gasteiger partial charge in [-0.15, -0.1) is 0 Å². The number of anilines is 1. The van der Waals surface area contributed by atoms with Crippen LogP contribution in [0.2, 0.25) is 0 Å². The van der Waals surface area contributed by atoms with Crippen molar-refractivity contribution in [2.45, 2.75) is 64.5 Å². The number of amides is 1. The Balaban J connectivity index is 1.68. The highest BCUT2D eigenvalue weighted by atomic mass is 16.5. The van der Waals surface area contributed by atoms with E-state index in [1.165, 1.54) is 25.7 Å². The van der Waals surface area contributed by atoms with Crippen molar-refractivity contribution in [3.63, 3.8) is 0 Å². The van der Waals surface area contributed by atoms with Crippen molar-refractivity contribution in [2.24, 2.45) is 5.92 Å². The Morgan fingerprint density at radius 1 is 1.33 bits per heavy atom. The van der Waals surface area contributed by atoms with E-state index in [0.29, 0.717) is 6.04 Å². The number of nitrogens with one attached hydrogen (secondary N) is 1. The van der Waals surface area contributed by atoms with E-state index in [2.05, 4.69) is 15.1 Å². The van der Waals surface area contributed by atoms with Crippen molar-refractivity contribution < 1.29 is 9.53 Å². The van der Waals surface area contributed by atoms with Gasteiger partial charge in [-0.25, -0.2) is 0 Å². The summed E-state index contributed by atoms with van der Waals surface area (Å²) < 4.78 is 7.67. The first kappa shape index (κ1) is 14.6. The predicted molar refractivity (Wildman–Crippen MR) is 81.2 cm³/mol. The Hall–Kier alpha value is -1.36. The molecule has 1 saturated heterocycles. The van der Waals surface area contributed by atoms with Gasteiger partial charge in [-0.2, -0.15) is 5.10 Å². The van der Waals surface area contributed by atoms with Gasteiger partial charge in [-0.1, -0.05) is 12.8 Å². The van der Waals surface area contributed by atoms with Gasteiger partial charge in [0.15, 0.2) is 0 Å². The van der Waals surface area contributed by atoms with Crippen LogP contribution in [0, 0.1) is 12.8 Å². The van der Waals surface area contributed by atoms with Crippen molar-refractivity contribution in [3.8, 4) is 0 Å². The molecule has 2 unspecified atom stereocenters. The van der Waals surface area contributed by atoms with Crippen molar-refractivity contribution in [1.29, 1.82) is 0 Å². The van der Waals surface area contributed by atoms with Gasteiger partial charge in [0.05, 0.1) is 35.6 Å². The molecular weight excluding hydrogens is 266 g/mol. The van der Waals surface area contributed by atoms with E-state index >= 15 is 0 Å². The minimum absolute atomic E-state index is 0.00364. The number of ether oxygens (including phenoxy) is 1. The summed E-state index contributed by atoms with van der Waals surface area (Å²) in [5.41, 5.74) is 1.92. The highest BCUT2D eigenvalue weighted by Gasteiger charge is 2.29. The largest absolute Gasteiger partial charge is 0.378 e. The van der Waals surface area contributed by atoms with E-state index in [-0.39, 0.29) is 17.9 Å². The van der Waals surface area contributed by atoms with Crippen LogP contribution in [0.4, 0.5) is 5.69 Å². The number of carbonyl (C=O) groups is 1. The van der Waals surface area contributed by atoms with Crippen LogP contribution in [0.3, 0.4) is 0 Å². The zero-order valence-electron chi connectivity index (χ0n) is 13.0. The molecule has 0 bridgehead atoms. The lowest BCUT2D eigenvalue weighted by molar-refractivity contribution is -0.127. The Morgan fingerprint density at radius 3 is 2.81 bits per heavy atom. The van der Waals surface area contributed by atoms with Crippen LogP contribution in [0.25, 0.3) is 0 Å². The molecule has 3 rings (SSSR count). The molecule has 1 aromatic rings. The number of aromatic nitrogens is 2. The average molecular weight is 291 g/mol. The van der Waals surface area contributed by atoms with Gasteiger partial charge in [0, 0.05) is 6.61 Å². The van der Waals surface area contributed by atoms with Gasteiger partial charge in [0.25, 0.3) is 0 Å². The molecule has 1 aromatic heterocycles. The van der Waals surface area contributed by atoms with Crippen molar-refractivity contribution in [3.05, 3.63) is 11.9 Å². The molecule has 1 aliphatic carbocycles. The first-order chi connectivity index (χ1) is 10.2. The predicted octanol–water partition coefficient (Wildman–Crippen LogP) is 3.06. The van der Waals surface area contributed by atoms with Crippen LogP contribution in [-0.2, 0) is 9.53 Å². The molecule has 5 nitrogen and oxygen atoms in total. The first-order valence-corrected chi connectivity index (χ1v) is 8.13. The third-order valence-corrected chi connectivity index (χ3v) is 4.92. The van der Waals surface area contributed by atoms with Crippen molar-refractivity contribution in [1.82, 2.24) is 9.78 Å². The number of nitrogens with zero attached hydrogens (tertiary/aromatic N) is 2. The molecule has 5 heteroatoms. The molecule has 1 saturated carbocycles. The van der Waals surface area contributed by atoms with Gasteiger partial charge in [-0.05, 0) is 39.5 Å². The number of carbonyl (C=O) groups excluding carboxylic acids is 1. The Bertz CT molecular complexity index is 506. The fourth-order valence-corrected chi connectivity index (χ4v) is 3.56. The normalized spacial score (nSPS) is 27.0. The quantitative estimate of drug-likeness (QED) is 0.931. The van der Waals surface area contributed by atoms with E-state index in [0.717, 1.165) is 30.8 Å². The Morgan fingerprint density at radius 2 is 2.10 bits per heavy atom. The third-order valence-electron chi connectivity index (χ3n) is 4.92. The molecule has 0 aromatic carbocycles. The lowest BCUT2D eigenvalue weighted by Crippen LogP contribution is -2.36. The van der Waals surface area contributed by atoms with Crippen LogP contribution in [0.15, 0.2) is 6.20 Å². The summed E-state index contributed by atoms with van der Waals surface area (Å²) in [6, 6.07) is 0.507. The van der Waals surface area contributed by atoms with Crippen molar-refractivity contribution >= 4 is 11.6 Å². The molecular formula is C16H25N3O2. The van der Waals surface area contributed by atoms with Crippen LogP contribution in [0.5, 0.6) is 0 Å². The summed E-state index contributed by atoms with van der Waals surface area (Å²) in [6.45, 7) is 4.80. The van der Waals surface area contributed by atoms with Crippen LogP contribution in [0.1, 0.15) is 57.2 Å². The zero-order valence-corrected chi connectivity index (χ0v) is 13.0. The minimum Gasteiger partial charge on any atom is -0.378 e. The maximum absolute atomic E-state index is 12.4. The van der Waals surface area contributed by atoms with E-state index in [4.69, 9.17) is 4.74 Å². The van der Waals surface area contributed by atoms with E-state index in [9.17, 15) is 4.79 Å². The average Bonchev–Trinajstić information content (AvgIpc) is 3.10. The monoisotopic (exact) mass is 291 g/mol. The van der Waals surface area contributed by atoms with Gasteiger partial charge in [0.2, 0.25) is 5.91 Å². The summed E-state index contributed by atoms with van der Waals surface area (Å²) in [6.07, 6.45) is 8.62. The second-order valence-electron chi connectivity index (χ2n) is 6.34. The minimum atomic E-state index is -0.0482. The third kappa shape index (κ3) is 2.98. The number of rotatable bonds is 3. The molecule has 0 radical (unpaired) electrons. The smallest absolute Gasteiger partial charge is 0.230 e. The summed E-state index contributed by atoms with van der Waals surface area (Å²) in [4.78, 5) is 12.4. The number of hydrogen-bond acceptors (Lipinski definition) is 3. The highest BCUT2D eigenvalue weighted by molar-refractivity contribution is 5.93. The van der Waals surface area contributed by atoms with E-state index in [1.807, 2.05) is 13.8 Å². The van der Waals surface area contributed by atoms with E-state index in [1.54, 1.807) is 6.20 Å². The lowest BCUT2D eigenvalue weighted by Gasteiger charge is -2.27. The zero-order chi connectivity index (χ0) is 14.8. The Labute approximate surface area is 126 Å². The summed E-state index contributed by atoms with van der Waals surface area (Å²) in [5, 5.41) is 7.54. The second kappa shape index (κ2) is 6.18. The standard InChI is InChI=1S/C16H25N3O2/c1-11-15(10-17-19(11)13-6-3-4-7-13)18-16(20)14-8-5-9-21-12(14)2/h10,12-14H,3-9H2,1-2H3,(H,18,20). The van der Waals surface area contributed by atoms with Gasteiger partial charge < -0.3 is 10.1 Å². The highest BCUT2D eigenvalue weighted by Crippen LogP contribution is 2.32. The molecule has 2 heterocycles. The Kier molecular flexibility index (Phi) is 4.29. The summed E-state index contributed by atoms with van der Waals surface area (Å²) in [5.74, 6) is 0.0178. The molecule has 2 aliphatic rings. The topological polar surface area (TPSA) is 56.1 Å². The molecule has 1 amide bonds. The first-order valence-electron chi connectivity index (χ1n) is 8.13. The molecule has 21 heavy (non-hydrogen) atoms. The summed E-state index contributed by atoms with van der Waals surface area (Å²) >= 11 is 0. The fraction of sp³-hybridized carbons (Fsp3) is 0.750. The molecule has 2 atom stereocenters. The SMILES string of the molecule is Cc1c(NC(=O)C2CCCOC2C)cnn1C1CCCC1. The molecule has 1 aliphatic heterocycles. The van der Waals surface area contributed by atoms with Crippen LogP contribution >= 0.6 is 0 Å². The molecule has 2 fully saturated rings. The number of hydrogen-bond donors (Lipinski definition) is 1. The fourth-order valence-electron chi connectivity index (χ4n) is 3.56. The molecule has 1 N–H and O–H groups in total. The van der Waals surface area contributed by atoms with Gasteiger partial charge in [0.1, 0.15) is 0 Å². The maximum atomic E-state index is 12.4. The molecule has 0 spiro atoms. The second-order valence-corrected chi connectivity index (χ2v) is 6.34. The van der Waals surface area contributed by atoms with Crippen LogP contribution < -0.4 is 5.32 Å². The maximum Gasteiger partial charge on any atom is 0.230 e. The van der Waals surface area contributed by atoms with Gasteiger partial charge in [-0.3, -0.25) is 9.48 Å². The van der Waals surface area contributed by atoms with Gasteiger partial charge >= 0.3 is 0 Å². The molecule has 116 valence electrons. The lowest BCUT2D eigenvalue weighted by atomic mass is 9.94. The van der Waals surface area contributed by atoms with Crippen molar-refractivity contribution in [2.75, 3.05) is 11.9 Å². The summed E-state index contributed by atoms with van der Waals surface area (Å²) in [7, 11) is 0. The van der Waals surface area contributed by atoms with E-state index < -0.39 is 0 Å². The van der Waals surface area contributed by atoms with Crippen LogP contribution in [-0.4, -0.2) is 28.4 Å².